The lowest BCUT2D eigenvalue weighted by Gasteiger charge is -2.27. The molecule has 1 N–H and O–H groups in total. The molecule has 0 aliphatic heterocycles. The van der Waals surface area contributed by atoms with E-state index in [1.54, 1.807) is 18.8 Å². The molecule has 0 aromatic carbocycles. The summed E-state index contributed by atoms with van der Waals surface area (Å²) >= 11 is 4.05. The zero-order valence-electron chi connectivity index (χ0n) is 6.54. The lowest BCUT2D eigenvalue weighted by Crippen LogP contribution is -2.27. The minimum atomic E-state index is -2.21. The van der Waals surface area contributed by atoms with E-state index >= 15 is 0 Å². The maximum absolute atomic E-state index is 12.1. The van der Waals surface area contributed by atoms with Gasteiger partial charge in [0.2, 0.25) is 0 Å². The van der Waals surface area contributed by atoms with Crippen LogP contribution in [0.1, 0.15) is 0 Å². The summed E-state index contributed by atoms with van der Waals surface area (Å²) in [6.45, 7) is 0. The average molecular weight is 216 g/mol. The highest BCUT2D eigenvalue weighted by Crippen LogP contribution is 2.44. The highest BCUT2D eigenvalue weighted by molar-refractivity contribution is 8.32. The van der Waals surface area contributed by atoms with Crippen LogP contribution < -0.4 is 0 Å². The maximum Gasteiger partial charge on any atom is 0.679 e. The van der Waals surface area contributed by atoms with E-state index in [1.807, 2.05) is 0 Å². The van der Waals surface area contributed by atoms with Crippen molar-refractivity contribution in [1.82, 2.24) is 0 Å². The van der Waals surface area contributed by atoms with Crippen molar-refractivity contribution in [1.29, 1.82) is 0 Å². The Morgan fingerprint density at radius 1 is 1.27 bits per heavy atom. The smallest absolute Gasteiger partial charge is 0.398 e. The normalized spacial score (nSPS) is 11.7. The van der Waals surface area contributed by atoms with Crippen LogP contribution in [0.15, 0.2) is 0 Å². The zero-order chi connectivity index (χ0) is 8.91. The first-order valence-corrected chi connectivity index (χ1v) is 6.43. The van der Waals surface area contributed by atoms with E-state index in [-0.39, 0.29) is 0 Å². The SMILES string of the molecule is CSC(OB(O)F)(SC)SC. The summed E-state index contributed by atoms with van der Waals surface area (Å²) in [5.41, 5.74) is 0. The molecule has 0 unspecified atom stereocenters. The van der Waals surface area contributed by atoms with Crippen molar-refractivity contribution in [3.05, 3.63) is 0 Å². The molecule has 0 heterocycles. The summed E-state index contributed by atoms with van der Waals surface area (Å²) in [6, 6.07) is 0. The largest absolute Gasteiger partial charge is 0.679 e. The Balaban J connectivity index is 4.05. The zero-order valence-corrected chi connectivity index (χ0v) is 8.99. The molecule has 2 nitrogen and oxygen atoms in total. The molecule has 0 saturated carbocycles. The van der Waals surface area contributed by atoms with Crippen molar-refractivity contribution in [2.75, 3.05) is 18.8 Å². The van der Waals surface area contributed by atoms with E-state index in [4.69, 9.17) is 5.02 Å². The Kier molecular flexibility index (Phi) is 6.07. The lowest BCUT2D eigenvalue weighted by molar-refractivity contribution is 0.232. The summed E-state index contributed by atoms with van der Waals surface area (Å²) in [6.07, 6.45) is 5.40. The Hall–Kier alpha value is 0.965. The maximum atomic E-state index is 12.1. The number of thioether (sulfide) groups is 3. The van der Waals surface area contributed by atoms with Crippen LogP contribution in [-0.4, -0.2) is 34.8 Å². The third-order valence-corrected chi connectivity index (χ3v) is 5.78. The van der Waals surface area contributed by atoms with Gasteiger partial charge in [-0.1, -0.05) is 0 Å². The first-order chi connectivity index (χ1) is 5.10. The van der Waals surface area contributed by atoms with Crippen molar-refractivity contribution in [3.8, 4) is 0 Å². The molecular formula is C4H10BFO2S3. The van der Waals surface area contributed by atoms with E-state index in [1.165, 1.54) is 35.3 Å². The molecule has 0 aliphatic carbocycles. The molecule has 0 bridgehead atoms. The molecule has 0 radical (unpaired) electrons. The number of hydrogen-bond acceptors (Lipinski definition) is 5. The summed E-state index contributed by atoms with van der Waals surface area (Å²) in [4.78, 5) is 0. The van der Waals surface area contributed by atoms with Gasteiger partial charge in [0.1, 0.15) is 0 Å². The van der Waals surface area contributed by atoms with E-state index in [9.17, 15) is 4.32 Å². The molecule has 0 amide bonds. The molecule has 0 fully saturated rings. The number of hydrogen-bond donors (Lipinski definition) is 1. The van der Waals surface area contributed by atoms with Gasteiger partial charge in [-0.3, -0.25) is 4.32 Å². The molecule has 0 aliphatic rings. The van der Waals surface area contributed by atoms with Gasteiger partial charge in [0.25, 0.3) is 0 Å². The van der Waals surface area contributed by atoms with Gasteiger partial charge < -0.3 is 9.68 Å². The molecule has 7 heteroatoms. The summed E-state index contributed by atoms with van der Waals surface area (Å²) in [5, 5.41) is 8.35. The van der Waals surface area contributed by atoms with Gasteiger partial charge in [-0.25, -0.2) is 0 Å². The molecule has 66 valence electrons. The standard InChI is InChI=1S/C4H10BFO2S3/c1-9-4(10-2,11-3)8-5(6)7/h7H,1-3H3. The fourth-order valence-corrected chi connectivity index (χ4v) is 3.04. The van der Waals surface area contributed by atoms with Crippen LogP contribution in [0.4, 0.5) is 4.32 Å². The van der Waals surface area contributed by atoms with Crippen LogP contribution in [0.25, 0.3) is 0 Å². The van der Waals surface area contributed by atoms with Crippen LogP contribution >= 0.6 is 35.3 Å². The van der Waals surface area contributed by atoms with Crippen molar-refractivity contribution in [2.45, 2.75) is 3.60 Å². The fraction of sp³-hybridized carbons (Fsp3) is 1.00. The molecule has 0 aromatic rings. The third kappa shape index (κ3) is 3.94. The van der Waals surface area contributed by atoms with Crippen LogP contribution in [0, 0.1) is 0 Å². The average Bonchev–Trinajstić information content (AvgIpc) is 2.00. The minimum Gasteiger partial charge on any atom is -0.398 e. The molecule has 0 spiro atoms. The molecule has 11 heavy (non-hydrogen) atoms. The van der Waals surface area contributed by atoms with E-state index < -0.39 is 11.0 Å². The van der Waals surface area contributed by atoms with Gasteiger partial charge in [-0.15, -0.1) is 35.3 Å². The Morgan fingerprint density at radius 2 is 1.64 bits per heavy atom. The van der Waals surface area contributed by atoms with Gasteiger partial charge in [0, 0.05) is 0 Å². The number of halogens is 1. The van der Waals surface area contributed by atoms with Crippen LogP contribution in [0.5, 0.6) is 0 Å². The van der Waals surface area contributed by atoms with Gasteiger partial charge in [-0.2, -0.15) is 0 Å². The molecule has 0 atom stereocenters. The Labute approximate surface area is 79.2 Å². The van der Waals surface area contributed by atoms with Crippen molar-refractivity contribution >= 4 is 42.7 Å². The first kappa shape index (κ1) is 12.0. The Morgan fingerprint density at radius 3 is 1.73 bits per heavy atom. The summed E-state index contributed by atoms with van der Waals surface area (Å²) in [7, 11) is -2.21. The van der Waals surface area contributed by atoms with Crippen molar-refractivity contribution < 1.29 is 14.0 Å². The van der Waals surface area contributed by atoms with Gasteiger partial charge >= 0.3 is 7.40 Å². The Bertz CT molecular complexity index is 103. The highest BCUT2D eigenvalue weighted by Gasteiger charge is 2.33. The van der Waals surface area contributed by atoms with E-state index in [2.05, 4.69) is 4.65 Å². The lowest BCUT2D eigenvalue weighted by atomic mass is 10.3. The van der Waals surface area contributed by atoms with Crippen molar-refractivity contribution in [2.24, 2.45) is 0 Å². The number of rotatable bonds is 5. The second kappa shape index (κ2) is 5.58. The highest BCUT2D eigenvalue weighted by atomic mass is 32.3. The molecule has 0 saturated heterocycles. The van der Waals surface area contributed by atoms with Gasteiger partial charge in [0.15, 0.2) is 3.60 Å². The predicted molar refractivity (Wildman–Crippen MR) is 53.4 cm³/mol. The summed E-state index contributed by atoms with van der Waals surface area (Å²) in [5.74, 6) is 0. The topological polar surface area (TPSA) is 29.5 Å². The van der Waals surface area contributed by atoms with E-state index in [0.717, 1.165) is 0 Å². The monoisotopic (exact) mass is 216 g/mol. The third-order valence-electron chi connectivity index (χ3n) is 0.992. The molecule has 0 rings (SSSR count). The quantitative estimate of drug-likeness (QED) is 0.557. The van der Waals surface area contributed by atoms with Crippen LogP contribution in [-0.2, 0) is 4.65 Å². The second-order valence-electron chi connectivity index (χ2n) is 1.52. The minimum absolute atomic E-state index is 0.728. The fourth-order valence-electron chi connectivity index (χ4n) is 0.513. The molecular weight excluding hydrogens is 206 g/mol. The van der Waals surface area contributed by atoms with Gasteiger partial charge in [0.05, 0.1) is 0 Å². The van der Waals surface area contributed by atoms with Crippen LogP contribution in [0.3, 0.4) is 0 Å². The summed E-state index contributed by atoms with van der Waals surface area (Å²) < 4.78 is 16.0. The van der Waals surface area contributed by atoms with Crippen molar-refractivity contribution in [3.63, 3.8) is 0 Å². The first-order valence-electron chi connectivity index (χ1n) is 2.75. The van der Waals surface area contributed by atoms with Gasteiger partial charge in [-0.05, 0) is 18.8 Å². The second-order valence-corrected chi connectivity index (χ2v) is 5.25. The van der Waals surface area contributed by atoms with Crippen LogP contribution in [0.2, 0.25) is 0 Å². The molecule has 0 aromatic heterocycles. The predicted octanol–water partition coefficient (Wildman–Crippen LogP) is 1.65. The van der Waals surface area contributed by atoms with E-state index in [0.29, 0.717) is 0 Å².